The van der Waals surface area contributed by atoms with Gasteiger partial charge in [0.15, 0.2) is 0 Å². The second-order valence-electron chi connectivity index (χ2n) is 6.14. The topological polar surface area (TPSA) is 44.9 Å². The molecule has 2 aromatic rings. The number of nitriles is 1. The standard InChI is InChI=1S/C18H24N4/c1-15(21-12-6-2-3-7-13-21)18-20-16-9-4-5-10-17(16)22(18)14-8-11-19/h4-5,9-10,15H,2-3,6-8,12-14H2,1H3. The molecule has 22 heavy (non-hydrogen) atoms. The van der Waals surface area contributed by atoms with Crippen LogP contribution >= 0.6 is 0 Å². The van der Waals surface area contributed by atoms with Crippen LogP contribution in [0.3, 0.4) is 0 Å². The molecule has 1 saturated heterocycles. The smallest absolute Gasteiger partial charge is 0.127 e. The Balaban J connectivity index is 1.95. The number of fused-ring (bicyclic) bond motifs is 1. The molecule has 116 valence electrons. The summed E-state index contributed by atoms with van der Waals surface area (Å²) < 4.78 is 2.24. The van der Waals surface area contributed by atoms with Crippen LogP contribution in [0.1, 0.15) is 50.9 Å². The van der Waals surface area contributed by atoms with Crippen molar-refractivity contribution >= 4 is 11.0 Å². The first-order valence-electron chi connectivity index (χ1n) is 8.37. The molecule has 3 rings (SSSR count). The molecule has 4 nitrogen and oxygen atoms in total. The van der Waals surface area contributed by atoms with Crippen molar-refractivity contribution in [2.24, 2.45) is 0 Å². The highest BCUT2D eigenvalue weighted by Crippen LogP contribution is 2.27. The van der Waals surface area contributed by atoms with Gasteiger partial charge in [0, 0.05) is 6.54 Å². The fourth-order valence-corrected chi connectivity index (χ4v) is 3.46. The van der Waals surface area contributed by atoms with Gasteiger partial charge in [-0.15, -0.1) is 0 Å². The van der Waals surface area contributed by atoms with Gasteiger partial charge >= 0.3 is 0 Å². The summed E-state index contributed by atoms with van der Waals surface area (Å²) in [6.45, 7) is 5.30. The summed E-state index contributed by atoms with van der Waals surface area (Å²) in [4.78, 5) is 7.44. The summed E-state index contributed by atoms with van der Waals surface area (Å²) in [6, 6.07) is 10.8. The van der Waals surface area contributed by atoms with Crippen molar-refractivity contribution in [3.8, 4) is 6.07 Å². The zero-order valence-corrected chi connectivity index (χ0v) is 13.3. The average Bonchev–Trinajstić information content (AvgIpc) is 2.72. The van der Waals surface area contributed by atoms with Gasteiger partial charge in [0.25, 0.3) is 0 Å². The molecule has 0 spiro atoms. The molecular weight excluding hydrogens is 272 g/mol. The van der Waals surface area contributed by atoms with Gasteiger partial charge in [0.2, 0.25) is 0 Å². The monoisotopic (exact) mass is 296 g/mol. The van der Waals surface area contributed by atoms with Crippen molar-refractivity contribution in [3.05, 3.63) is 30.1 Å². The molecule has 1 aliphatic rings. The third kappa shape index (κ3) is 3.00. The minimum absolute atomic E-state index is 0.309. The second kappa shape index (κ2) is 6.93. The molecule has 0 bridgehead atoms. The van der Waals surface area contributed by atoms with E-state index in [4.69, 9.17) is 10.2 Å². The van der Waals surface area contributed by atoms with Crippen molar-refractivity contribution < 1.29 is 0 Å². The zero-order valence-electron chi connectivity index (χ0n) is 13.3. The third-order valence-corrected chi connectivity index (χ3v) is 4.69. The van der Waals surface area contributed by atoms with Crippen molar-refractivity contribution in [3.63, 3.8) is 0 Å². The number of hydrogen-bond acceptors (Lipinski definition) is 3. The lowest BCUT2D eigenvalue weighted by Gasteiger charge is -2.27. The summed E-state index contributed by atoms with van der Waals surface area (Å²) in [5, 5.41) is 8.96. The first kappa shape index (κ1) is 15.1. The van der Waals surface area contributed by atoms with Gasteiger partial charge < -0.3 is 4.57 Å². The Morgan fingerprint density at radius 3 is 2.64 bits per heavy atom. The molecule has 0 radical (unpaired) electrons. The Bertz CT molecular complexity index is 659. The highest BCUT2D eigenvalue weighted by Gasteiger charge is 2.22. The molecule has 1 fully saturated rings. The van der Waals surface area contributed by atoms with E-state index >= 15 is 0 Å². The number of rotatable bonds is 4. The first-order valence-corrected chi connectivity index (χ1v) is 8.37. The number of hydrogen-bond donors (Lipinski definition) is 0. The van der Waals surface area contributed by atoms with Crippen LogP contribution in [0.2, 0.25) is 0 Å². The summed E-state index contributed by atoms with van der Waals surface area (Å²) in [5.74, 6) is 1.11. The van der Waals surface area contributed by atoms with Crippen LogP contribution in [-0.2, 0) is 6.54 Å². The van der Waals surface area contributed by atoms with Crippen molar-refractivity contribution in [2.75, 3.05) is 13.1 Å². The van der Waals surface area contributed by atoms with E-state index in [0.717, 1.165) is 36.5 Å². The molecule has 1 aromatic heterocycles. The van der Waals surface area contributed by atoms with Gasteiger partial charge in [-0.25, -0.2) is 4.98 Å². The maximum Gasteiger partial charge on any atom is 0.127 e. The Morgan fingerprint density at radius 1 is 1.18 bits per heavy atom. The van der Waals surface area contributed by atoms with Gasteiger partial charge in [0.05, 0.1) is 29.6 Å². The zero-order chi connectivity index (χ0) is 15.4. The minimum atomic E-state index is 0.309. The van der Waals surface area contributed by atoms with Crippen LogP contribution in [-0.4, -0.2) is 27.5 Å². The van der Waals surface area contributed by atoms with E-state index in [0.29, 0.717) is 12.5 Å². The quantitative estimate of drug-likeness (QED) is 0.860. The van der Waals surface area contributed by atoms with Gasteiger partial charge in [-0.05, 0) is 45.0 Å². The van der Waals surface area contributed by atoms with E-state index in [1.807, 2.05) is 12.1 Å². The van der Waals surface area contributed by atoms with Crippen LogP contribution < -0.4 is 0 Å². The van der Waals surface area contributed by atoms with Crippen LogP contribution in [0.25, 0.3) is 11.0 Å². The van der Waals surface area contributed by atoms with E-state index in [9.17, 15) is 0 Å². The van der Waals surface area contributed by atoms with Crippen LogP contribution in [0.15, 0.2) is 24.3 Å². The van der Waals surface area contributed by atoms with Crippen LogP contribution in [0.4, 0.5) is 0 Å². The number of aromatic nitrogens is 2. The molecule has 0 N–H and O–H groups in total. The largest absolute Gasteiger partial charge is 0.326 e. The molecule has 0 aliphatic carbocycles. The number of likely N-dealkylation sites (tertiary alicyclic amines) is 1. The molecular formula is C18H24N4. The van der Waals surface area contributed by atoms with Gasteiger partial charge in [0.1, 0.15) is 5.82 Å². The van der Waals surface area contributed by atoms with Crippen LogP contribution in [0, 0.1) is 11.3 Å². The Hall–Kier alpha value is -1.86. The lowest BCUT2D eigenvalue weighted by atomic mass is 10.2. The maximum atomic E-state index is 8.96. The number of benzene rings is 1. The molecule has 0 saturated carbocycles. The van der Waals surface area contributed by atoms with E-state index in [1.54, 1.807) is 0 Å². The molecule has 1 aliphatic heterocycles. The first-order chi connectivity index (χ1) is 10.8. The highest BCUT2D eigenvalue weighted by atomic mass is 15.2. The minimum Gasteiger partial charge on any atom is -0.326 e. The van der Waals surface area contributed by atoms with E-state index in [2.05, 4.69) is 34.6 Å². The predicted octanol–water partition coefficient (Wildman–Crippen LogP) is 3.89. The number of nitrogens with zero attached hydrogens (tertiary/aromatic N) is 4. The highest BCUT2D eigenvalue weighted by molar-refractivity contribution is 5.76. The molecule has 1 atom stereocenters. The fourth-order valence-electron chi connectivity index (χ4n) is 3.46. The second-order valence-corrected chi connectivity index (χ2v) is 6.14. The van der Waals surface area contributed by atoms with Gasteiger partial charge in [-0.1, -0.05) is 25.0 Å². The molecule has 1 unspecified atom stereocenters. The summed E-state index contributed by atoms with van der Waals surface area (Å²) in [7, 11) is 0. The summed E-state index contributed by atoms with van der Waals surface area (Å²) in [5.41, 5.74) is 2.19. The number of para-hydroxylation sites is 2. The van der Waals surface area contributed by atoms with Crippen molar-refractivity contribution in [1.29, 1.82) is 5.26 Å². The van der Waals surface area contributed by atoms with E-state index in [-0.39, 0.29) is 0 Å². The molecule has 2 heterocycles. The molecule has 4 heteroatoms. The van der Waals surface area contributed by atoms with Crippen molar-refractivity contribution in [2.45, 2.75) is 51.6 Å². The fraction of sp³-hybridized carbons (Fsp3) is 0.556. The lowest BCUT2D eigenvalue weighted by Crippen LogP contribution is -2.30. The van der Waals surface area contributed by atoms with Gasteiger partial charge in [-0.3, -0.25) is 4.90 Å². The average molecular weight is 296 g/mol. The Morgan fingerprint density at radius 2 is 1.91 bits per heavy atom. The van der Waals surface area contributed by atoms with Crippen LogP contribution in [0.5, 0.6) is 0 Å². The Kier molecular flexibility index (Phi) is 4.74. The number of aryl methyl sites for hydroxylation is 1. The molecule has 0 amide bonds. The lowest BCUT2D eigenvalue weighted by molar-refractivity contribution is 0.208. The number of imidazole rings is 1. The summed E-state index contributed by atoms with van der Waals surface area (Å²) in [6.07, 6.45) is 5.77. The Labute approximate surface area is 132 Å². The third-order valence-electron chi connectivity index (χ3n) is 4.69. The normalized spacial score (nSPS) is 18.0. The van der Waals surface area contributed by atoms with E-state index < -0.39 is 0 Å². The molecule has 1 aromatic carbocycles. The van der Waals surface area contributed by atoms with Gasteiger partial charge in [-0.2, -0.15) is 5.26 Å². The SMILES string of the molecule is CC(c1nc2ccccc2n1CCC#N)N1CCCCCC1. The van der Waals surface area contributed by atoms with E-state index in [1.165, 1.54) is 25.7 Å². The van der Waals surface area contributed by atoms with Crippen molar-refractivity contribution in [1.82, 2.24) is 14.5 Å². The summed E-state index contributed by atoms with van der Waals surface area (Å²) >= 11 is 0. The predicted molar refractivity (Wildman–Crippen MR) is 88.4 cm³/mol. The maximum absolute atomic E-state index is 8.96.